The molecule has 4 nitrogen and oxygen atoms in total. The van der Waals surface area contributed by atoms with E-state index in [1.165, 1.54) is 18.2 Å². The van der Waals surface area contributed by atoms with Crippen molar-refractivity contribution in [2.75, 3.05) is 0 Å². The maximum absolute atomic E-state index is 12.4. The Balaban J connectivity index is 2.28. The van der Waals surface area contributed by atoms with E-state index in [0.29, 0.717) is 18.8 Å². The number of benzene rings is 1. The van der Waals surface area contributed by atoms with E-state index >= 15 is 0 Å². The zero-order valence-corrected chi connectivity index (χ0v) is 13.9. The number of hydrogen-bond acceptors (Lipinski definition) is 3. The molecule has 2 rings (SSSR count). The molecule has 0 bridgehead atoms. The van der Waals surface area contributed by atoms with Crippen LogP contribution in [-0.2, 0) is 10.0 Å². The normalized spacial score (nSPS) is 26.3. The Kier molecular flexibility index (Phi) is 4.84. The average Bonchev–Trinajstić information content (AvgIpc) is 2.44. The van der Waals surface area contributed by atoms with Crippen LogP contribution in [0.25, 0.3) is 0 Å². The van der Waals surface area contributed by atoms with Crippen molar-refractivity contribution in [1.82, 2.24) is 4.72 Å². The quantitative estimate of drug-likeness (QED) is 0.905. The maximum atomic E-state index is 12.4. The fraction of sp³-hybridized carbons (Fsp3) is 0.500. The third-order valence-electron chi connectivity index (χ3n) is 3.87. The average molecular weight is 347 g/mol. The Morgan fingerprint density at radius 3 is 2.43 bits per heavy atom. The molecule has 1 aliphatic carbocycles. The lowest BCUT2D eigenvalue weighted by atomic mass is 9.79. The van der Waals surface area contributed by atoms with Crippen molar-refractivity contribution >= 4 is 33.2 Å². The van der Waals surface area contributed by atoms with Crippen molar-refractivity contribution in [3.05, 3.63) is 28.2 Å². The van der Waals surface area contributed by atoms with Crippen LogP contribution in [0.15, 0.2) is 23.1 Å². The Labute approximate surface area is 135 Å². The molecule has 114 valence electrons. The lowest BCUT2D eigenvalue weighted by Gasteiger charge is -2.34. The van der Waals surface area contributed by atoms with Crippen molar-refractivity contribution < 1.29 is 8.42 Å². The third kappa shape index (κ3) is 3.70. The van der Waals surface area contributed by atoms with Crippen LogP contribution in [-0.4, -0.2) is 14.0 Å². The molecular formula is C14H16Cl2N2O2S. The highest BCUT2D eigenvalue weighted by molar-refractivity contribution is 7.89. The summed E-state index contributed by atoms with van der Waals surface area (Å²) in [5.74, 6) is 0.515. The van der Waals surface area contributed by atoms with Gasteiger partial charge in [0.25, 0.3) is 0 Å². The van der Waals surface area contributed by atoms with Crippen LogP contribution >= 0.6 is 23.2 Å². The molecule has 0 aliphatic heterocycles. The summed E-state index contributed by atoms with van der Waals surface area (Å²) in [7, 11) is -3.80. The zero-order valence-electron chi connectivity index (χ0n) is 11.6. The molecule has 1 aromatic rings. The number of nitrogens with one attached hydrogen (secondary N) is 1. The molecule has 1 aromatic carbocycles. The van der Waals surface area contributed by atoms with E-state index in [0.717, 1.165) is 12.8 Å². The van der Waals surface area contributed by atoms with Crippen LogP contribution < -0.4 is 4.72 Å². The summed E-state index contributed by atoms with van der Waals surface area (Å²) < 4.78 is 27.4. The number of sulfonamides is 1. The van der Waals surface area contributed by atoms with Gasteiger partial charge >= 0.3 is 0 Å². The van der Waals surface area contributed by atoms with Crippen LogP contribution in [0.1, 0.15) is 32.6 Å². The molecule has 1 saturated carbocycles. The number of halogens is 2. The van der Waals surface area contributed by atoms with Crippen molar-refractivity contribution in [3.8, 4) is 6.07 Å². The topological polar surface area (TPSA) is 70.0 Å². The second-order valence-corrected chi connectivity index (χ2v) is 8.05. The Hall–Kier alpha value is -0.800. The molecule has 0 heterocycles. The van der Waals surface area contributed by atoms with Gasteiger partial charge in [-0.2, -0.15) is 9.98 Å². The minimum Gasteiger partial charge on any atom is -0.207 e. The Morgan fingerprint density at radius 2 is 1.90 bits per heavy atom. The summed E-state index contributed by atoms with van der Waals surface area (Å²) in [6.07, 6.45) is 2.70. The van der Waals surface area contributed by atoms with Gasteiger partial charge < -0.3 is 0 Å². The summed E-state index contributed by atoms with van der Waals surface area (Å²) in [5.41, 5.74) is -1.03. The predicted octanol–water partition coefficient (Wildman–Crippen LogP) is 3.74. The second-order valence-electron chi connectivity index (χ2n) is 5.56. The highest BCUT2D eigenvalue weighted by atomic mass is 35.5. The predicted molar refractivity (Wildman–Crippen MR) is 82.8 cm³/mol. The van der Waals surface area contributed by atoms with Crippen LogP contribution in [0.2, 0.25) is 10.0 Å². The summed E-state index contributed by atoms with van der Waals surface area (Å²) in [4.78, 5) is 0.0187. The van der Waals surface area contributed by atoms with Crippen LogP contribution in [0.5, 0.6) is 0 Å². The molecule has 0 amide bonds. The zero-order chi connectivity index (χ0) is 15.7. The molecule has 21 heavy (non-hydrogen) atoms. The third-order valence-corrected chi connectivity index (χ3v) is 6.15. The standard InChI is InChI=1S/C14H16Cl2N2O2S/c1-10-4-6-14(9-17,7-5-10)18-21(19,20)11-2-3-12(15)13(16)8-11/h2-3,8,10,18H,4-7H2,1H3. The minimum absolute atomic E-state index is 0.0187. The molecule has 0 spiro atoms. The van der Waals surface area contributed by atoms with E-state index in [9.17, 15) is 13.7 Å². The first-order valence-electron chi connectivity index (χ1n) is 6.68. The molecule has 7 heteroatoms. The van der Waals surface area contributed by atoms with E-state index < -0.39 is 15.6 Å². The summed E-state index contributed by atoms with van der Waals surface area (Å²) in [6, 6.07) is 6.25. The van der Waals surface area contributed by atoms with Gasteiger partial charge in [-0.15, -0.1) is 0 Å². The monoisotopic (exact) mass is 346 g/mol. The molecule has 0 atom stereocenters. The molecule has 0 aromatic heterocycles. The minimum atomic E-state index is -3.80. The largest absolute Gasteiger partial charge is 0.241 e. The fourth-order valence-corrected chi connectivity index (χ4v) is 4.22. The number of nitrogens with zero attached hydrogens (tertiary/aromatic N) is 1. The van der Waals surface area contributed by atoms with E-state index in [1.54, 1.807) is 0 Å². The van der Waals surface area contributed by atoms with Crippen molar-refractivity contribution in [2.24, 2.45) is 5.92 Å². The summed E-state index contributed by atoms with van der Waals surface area (Å²) >= 11 is 11.7. The van der Waals surface area contributed by atoms with E-state index in [2.05, 4.69) is 17.7 Å². The first kappa shape index (κ1) is 16.6. The smallest absolute Gasteiger partial charge is 0.207 e. The second kappa shape index (κ2) is 6.13. The van der Waals surface area contributed by atoms with Crippen molar-refractivity contribution in [2.45, 2.75) is 43.0 Å². The summed E-state index contributed by atoms with van der Waals surface area (Å²) in [5, 5.41) is 9.87. The van der Waals surface area contributed by atoms with Crippen LogP contribution in [0.4, 0.5) is 0 Å². The van der Waals surface area contributed by atoms with Gasteiger partial charge in [-0.1, -0.05) is 30.1 Å². The fourth-order valence-electron chi connectivity index (χ4n) is 2.45. The van der Waals surface area contributed by atoms with Crippen molar-refractivity contribution in [1.29, 1.82) is 5.26 Å². The lowest BCUT2D eigenvalue weighted by Crippen LogP contribution is -2.49. The first-order valence-corrected chi connectivity index (χ1v) is 8.92. The van der Waals surface area contributed by atoms with Gasteiger partial charge in [0.1, 0.15) is 5.54 Å². The highest BCUT2D eigenvalue weighted by Crippen LogP contribution is 2.33. The van der Waals surface area contributed by atoms with Gasteiger partial charge in [0.05, 0.1) is 21.0 Å². The van der Waals surface area contributed by atoms with Gasteiger partial charge in [0.2, 0.25) is 10.0 Å². The van der Waals surface area contributed by atoms with Gasteiger partial charge in [0.15, 0.2) is 0 Å². The van der Waals surface area contributed by atoms with E-state index in [-0.39, 0.29) is 14.9 Å². The molecule has 1 fully saturated rings. The number of nitriles is 1. The SMILES string of the molecule is CC1CCC(C#N)(NS(=O)(=O)c2ccc(Cl)c(Cl)c2)CC1. The molecule has 1 aliphatic rings. The number of rotatable bonds is 3. The van der Waals surface area contributed by atoms with Gasteiger partial charge in [0, 0.05) is 0 Å². The molecule has 0 unspecified atom stereocenters. The maximum Gasteiger partial charge on any atom is 0.241 e. The molecule has 0 radical (unpaired) electrons. The summed E-state index contributed by atoms with van der Waals surface area (Å²) in [6.45, 7) is 2.11. The van der Waals surface area contributed by atoms with Gasteiger partial charge in [-0.25, -0.2) is 8.42 Å². The van der Waals surface area contributed by atoms with E-state index in [1.807, 2.05) is 0 Å². The molecule has 1 N–H and O–H groups in total. The van der Waals surface area contributed by atoms with Gasteiger partial charge in [-0.05, 0) is 49.8 Å². The van der Waals surface area contributed by atoms with Crippen LogP contribution in [0.3, 0.4) is 0 Å². The number of hydrogen-bond donors (Lipinski definition) is 1. The Bertz CT molecular complexity index is 675. The molecule has 0 saturated heterocycles. The van der Waals surface area contributed by atoms with Crippen LogP contribution in [0, 0.1) is 17.2 Å². The lowest BCUT2D eigenvalue weighted by molar-refractivity contribution is 0.278. The molecular weight excluding hydrogens is 331 g/mol. The highest BCUT2D eigenvalue weighted by Gasteiger charge is 2.38. The van der Waals surface area contributed by atoms with E-state index in [4.69, 9.17) is 23.2 Å². The van der Waals surface area contributed by atoms with Gasteiger partial charge in [-0.3, -0.25) is 0 Å². The van der Waals surface area contributed by atoms with Crippen molar-refractivity contribution in [3.63, 3.8) is 0 Å². The first-order chi connectivity index (χ1) is 9.78. The Morgan fingerprint density at radius 1 is 1.29 bits per heavy atom.